The van der Waals surface area contributed by atoms with Crippen LogP contribution in [0.3, 0.4) is 0 Å². The van der Waals surface area contributed by atoms with Crippen LogP contribution in [0, 0.1) is 0 Å². The highest BCUT2D eigenvalue weighted by molar-refractivity contribution is 8.01. The topological polar surface area (TPSA) is 226 Å². The Hall–Kier alpha value is -4.53. The Morgan fingerprint density at radius 2 is 1.92 bits per heavy atom. The van der Waals surface area contributed by atoms with Crippen LogP contribution in [0.2, 0.25) is 5.02 Å². The number of urea groups is 1. The zero-order valence-electron chi connectivity index (χ0n) is 26.2. The number of ether oxygens (including phenoxy) is 1. The molecule has 0 aliphatic carbocycles. The molecule has 2 fully saturated rings. The number of nitrogens with zero attached hydrogens (tertiary/aromatic N) is 5. The van der Waals surface area contributed by atoms with Crippen molar-refractivity contribution in [1.82, 2.24) is 35.5 Å². The highest BCUT2D eigenvalue weighted by Gasteiger charge is 2.54. The maximum absolute atomic E-state index is 13.0. The molecular formula is C29H28ClN7O10S3. The van der Waals surface area contributed by atoms with Crippen molar-refractivity contribution in [1.29, 1.82) is 0 Å². The molecule has 17 nitrogen and oxygen atoms in total. The first-order valence-corrected chi connectivity index (χ1v) is 18.1. The molecule has 2 saturated heterocycles. The molecule has 3 N–H and O–H groups in total. The molecule has 2 unspecified atom stereocenters. The second kappa shape index (κ2) is 15.6. The van der Waals surface area contributed by atoms with E-state index < -0.39 is 64.8 Å². The lowest BCUT2D eigenvalue weighted by Crippen LogP contribution is -2.70. The number of carbonyl (C=O) groups is 8. The van der Waals surface area contributed by atoms with Gasteiger partial charge in [-0.25, -0.2) is 14.4 Å². The van der Waals surface area contributed by atoms with Crippen molar-refractivity contribution in [3.8, 4) is 5.75 Å². The van der Waals surface area contributed by atoms with Gasteiger partial charge in [-0.15, -0.1) is 22.0 Å². The fraction of sp³-hybridized carbons (Fsp3) is 0.379. The lowest BCUT2D eigenvalue weighted by atomic mass is 10.0. The molecule has 0 spiro atoms. The van der Waals surface area contributed by atoms with E-state index in [1.165, 1.54) is 62.9 Å². The number of piperazine rings is 1. The fourth-order valence-corrected chi connectivity index (χ4v) is 8.40. The number of ketones is 1. The van der Waals surface area contributed by atoms with Crippen molar-refractivity contribution < 1.29 is 48.2 Å². The molecule has 4 heterocycles. The summed E-state index contributed by atoms with van der Waals surface area (Å²) in [7, 11) is 0. The van der Waals surface area contributed by atoms with E-state index in [9.17, 15) is 43.5 Å². The van der Waals surface area contributed by atoms with Gasteiger partial charge in [0.15, 0.2) is 16.2 Å². The van der Waals surface area contributed by atoms with Gasteiger partial charge in [0.2, 0.25) is 5.91 Å². The van der Waals surface area contributed by atoms with E-state index >= 15 is 0 Å². The molecule has 3 aliphatic rings. The number of carbonyl (C=O) groups excluding carboxylic acids is 7. The molecular weight excluding hydrogens is 738 g/mol. The predicted octanol–water partition coefficient (Wildman–Crippen LogP) is 0.528. The van der Waals surface area contributed by atoms with Gasteiger partial charge in [0.25, 0.3) is 5.91 Å². The molecule has 0 radical (unpaired) electrons. The van der Waals surface area contributed by atoms with Crippen molar-refractivity contribution in [3.63, 3.8) is 0 Å². The van der Waals surface area contributed by atoms with Crippen LogP contribution in [0.5, 0.6) is 5.75 Å². The Morgan fingerprint density at radius 3 is 2.56 bits per heavy atom. The quantitative estimate of drug-likeness (QED) is 0.0670. The van der Waals surface area contributed by atoms with E-state index in [2.05, 4.69) is 20.8 Å². The number of Topliss-reactive ketones (excluding diaryl/α,β-unsaturated/α-hetero) is 1. The van der Waals surface area contributed by atoms with Gasteiger partial charge in [0.1, 0.15) is 28.4 Å². The number of hydrogen-bond acceptors (Lipinski definition) is 14. The number of benzene rings is 1. The lowest BCUT2D eigenvalue weighted by Gasteiger charge is -2.49. The van der Waals surface area contributed by atoms with Crippen LogP contribution < -0.4 is 15.4 Å². The number of esters is 1. The van der Waals surface area contributed by atoms with Crippen molar-refractivity contribution in [2.24, 2.45) is 0 Å². The largest absolute Gasteiger partial charge is 0.477 e. The standard InChI is InChI=1S/C29H28ClN7O10S3/c1-3-35-6-7-36(24(42)23(35)41)28(46)33-19(13(2)38)27(45)47-17-5-4-14(8-16(17)30)9-18(39)32-20-22(40)37-21(26(43)44)15(10-48-25(20)37)11-49-29-34-31-12-50-29/h4-5,8,12,19-20,25H,3,6-7,9-11H2,1-2H3,(H,32,39)(H,33,46)(H,43,44)/t19?,20?,25-/m0/s1. The number of halogens is 1. The molecule has 5 rings (SSSR count). The van der Waals surface area contributed by atoms with Gasteiger partial charge in [0.05, 0.1) is 11.4 Å². The summed E-state index contributed by atoms with van der Waals surface area (Å²) in [6.45, 7) is 2.92. The average molecular weight is 766 g/mol. The third-order valence-electron chi connectivity index (χ3n) is 7.69. The summed E-state index contributed by atoms with van der Waals surface area (Å²) in [5.74, 6) is -5.90. The van der Waals surface area contributed by atoms with Crippen LogP contribution in [0.1, 0.15) is 19.4 Å². The highest BCUT2D eigenvalue weighted by atomic mass is 35.5. The summed E-state index contributed by atoms with van der Waals surface area (Å²) in [6, 6.07) is 0.131. The van der Waals surface area contributed by atoms with Crippen LogP contribution in [-0.4, -0.2) is 126 Å². The summed E-state index contributed by atoms with van der Waals surface area (Å²) >= 11 is 10.3. The number of imide groups is 1. The Balaban J connectivity index is 1.16. The normalized spacial score (nSPS) is 19.4. The van der Waals surface area contributed by atoms with E-state index in [1.54, 1.807) is 12.4 Å². The number of β-lactam (4-membered cyclic amide) rings is 1. The molecule has 3 aliphatic heterocycles. The Labute approximate surface area is 301 Å². The number of carboxylic acids is 1. The number of likely N-dealkylation sites (N-methyl/N-ethyl adjacent to an activating group) is 1. The number of aromatic nitrogens is 2. The molecule has 264 valence electrons. The van der Waals surface area contributed by atoms with Crippen molar-refractivity contribution in [2.75, 3.05) is 31.1 Å². The third kappa shape index (κ3) is 7.77. The molecule has 21 heteroatoms. The number of fused-ring (bicyclic) bond motifs is 1. The fourth-order valence-electron chi connectivity index (χ4n) is 5.18. The van der Waals surface area contributed by atoms with Crippen LogP contribution in [0.25, 0.3) is 0 Å². The smallest absolute Gasteiger partial charge is 0.352 e. The molecule has 0 saturated carbocycles. The SMILES string of the molecule is CCN1CCN(C(=O)NC(C(C)=O)C(=O)Oc2ccc(CC(=O)NC3C(=O)N4C(C(=O)O)=C(CSc5nncs5)CS[C@@H]34)cc2Cl)C(=O)C1=O. The predicted molar refractivity (Wildman–Crippen MR) is 178 cm³/mol. The van der Waals surface area contributed by atoms with Gasteiger partial charge < -0.3 is 25.4 Å². The molecule has 3 atom stereocenters. The van der Waals surface area contributed by atoms with Crippen molar-refractivity contribution in [3.05, 3.63) is 45.6 Å². The summed E-state index contributed by atoms with van der Waals surface area (Å²) in [5, 5.41) is 21.6. The minimum absolute atomic E-state index is 0.0923. The number of aliphatic carboxylic acids is 1. The van der Waals surface area contributed by atoms with Crippen LogP contribution in [0.4, 0.5) is 4.79 Å². The average Bonchev–Trinajstić information content (AvgIpc) is 3.60. The Morgan fingerprint density at radius 1 is 1.16 bits per heavy atom. The van der Waals surface area contributed by atoms with Gasteiger partial charge in [0, 0.05) is 31.1 Å². The third-order valence-corrected chi connectivity index (χ3v) is 11.3. The second-order valence-corrected chi connectivity index (χ2v) is 14.5. The molecule has 1 aromatic heterocycles. The monoisotopic (exact) mass is 765 g/mol. The first-order chi connectivity index (χ1) is 23.8. The van der Waals surface area contributed by atoms with Gasteiger partial charge in [-0.05, 0) is 37.1 Å². The van der Waals surface area contributed by atoms with Gasteiger partial charge in [-0.2, -0.15) is 0 Å². The summed E-state index contributed by atoms with van der Waals surface area (Å²) in [6.07, 6.45) is -0.231. The lowest BCUT2D eigenvalue weighted by molar-refractivity contribution is -0.153. The summed E-state index contributed by atoms with van der Waals surface area (Å²) < 4.78 is 5.91. The Bertz CT molecular complexity index is 1810. The first-order valence-electron chi connectivity index (χ1n) is 14.8. The van der Waals surface area contributed by atoms with Crippen LogP contribution in [-0.2, 0) is 40.0 Å². The van der Waals surface area contributed by atoms with E-state index in [4.69, 9.17) is 16.3 Å². The van der Waals surface area contributed by atoms with E-state index in [1.807, 2.05) is 0 Å². The minimum Gasteiger partial charge on any atom is -0.477 e. The van der Waals surface area contributed by atoms with Crippen LogP contribution in [0.15, 0.2) is 39.3 Å². The van der Waals surface area contributed by atoms with Crippen molar-refractivity contribution in [2.45, 2.75) is 42.1 Å². The first kappa shape index (κ1) is 36.7. The van der Waals surface area contributed by atoms with Gasteiger partial charge >= 0.3 is 29.8 Å². The zero-order valence-corrected chi connectivity index (χ0v) is 29.4. The number of rotatable bonds is 12. The maximum Gasteiger partial charge on any atom is 0.352 e. The number of nitrogens with one attached hydrogen (secondary N) is 2. The van der Waals surface area contributed by atoms with Gasteiger partial charge in [-0.3, -0.25) is 33.8 Å². The van der Waals surface area contributed by atoms with Crippen LogP contribution >= 0.6 is 46.5 Å². The number of hydrogen-bond donors (Lipinski definition) is 3. The number of thioether (sulfide) groups is 2. The number of carboxylic acid groups (broad SMARTS) is 1. The summed E-state index contributed by atoms with van der Waals surface area (Å²) in [5.41, 5.74) is 2.39. The molecule has 1 aromatic carbocycles. The molecule has 6 amide bonds. The number of amides is 6. The van der Waals surface area contributed by atoms with Crippen molar-refractivity contribution >= 4 is 93.8 Å². The molecule has 0 bridgehead atoms. The molecule has 2 aromatic rings. The summed E-state index contributed by atoms with van der Waals surface area (Å²) in [4.78, 5) is 103. The van der Waals surface area contributed by atoms with E-state index in [0.29, 0.717) is 31.9 Å². The zero-order chi connectivity index (χ0) is 36.3. The van der Waals surface area contributed by atoms with E-state index in [0.717, 1.165) is 6.92 Å². The maximum atomic E-state index is 13.0. The second-order valence-electron chi connectivity index (χ2n) is 10.9. The highest BCUT2D eigenvalue weighted by Crippen LogP contribution is 2.41. The minimum atomic E-state index is -1.82. The van der Waals surface area contributed by atoms with Gasteiger partial charge in [-0.1, -0.05) is 40.8 Å². The van der Waals surface area contributed by atoms with E-state index in [-0.39, 0.29) is 42.5 Å². The molecule has 50 heavy (non-hydrogen) atoms. The Kier molecular flexibility index (Phi) is 11.4.